The van der Waals surface area contributed by atoms with Gasteiger partial charge in [-0.2, -0.15) is 5.10 Å². The van der Waals surface area contributed by atoms with Crippen LogP contribution in [0.5, 0.6) is 0 Å². The van der Waals surface area contributed by atoms with Gasteiger partial charge in [0.25, 0.3) is 5.91 Å². The van der Waals surface area contributed by atoms with Gasteiger partial charge < -0.3 is 11.1 Å². The van der Waals surface area contributed by atoms with Gasteiger partial charge in [0.2, 0.25) is 5.91 Å². The molecule has 3 N–H and O–H groups in total. The van der Waals surface area contributed by atoms with Crippen LogP contribution in [-0.2, 0) is 11.3 Å². The number of benzene rings is 2. The molecule has 0 saturated heterocycles. The predicted octanol–water partition coefficient (Wildman–Crippen LogP) is 2.46. The van der Waals surface area contributed by atoms with Crippen LogP contribution in [-0.4, -0.2) is 27.6 Å². The van der Waals surface area contributed by atoms with E-state index in [1.807, 2.05) is 12.1 Å². The van der Waals surface area contributed by atoms with Crippen molar-refractivity contribution >= 4 is 22.7 Å². The third kappa shape index (κ3) is 3.97. The summed E-state index contributed by atoms with van der Waals surface area (Å²) >= 11 is 0. The first-order chi connectivity index (χ1) is 12.9. The van der Waals surface area contributed by atoms with Crippen molar-refractivity contribution in [1.29, 1.82) is 0 Å². The summed E-state index contributed by atoms with van der Waals surface area (Å²) in [4.78, 5) is 24.3. The van der Waals surface area contributed by atoms with Gasteiger partial charge >= 0.3 is 0 Å². The van der Waals surface area contributed by atoms with Crippen molar-refractivity contribution in [2.24, 2.45) is 11.7 Å². The van der Waals surface area contributed by atoms with Crippen LogP contribution >= 0.6 is 0 Å². The van der Waals surface area contributed by atoms with E-state index >= 15 is 0 Å². The summed E-state index contributed by atoms with van der Waals surface area (Å²) in [5.74, 6) is -1.54. The maximum Gasteiger partial charge on any atom is 0.273 e. The molecule has 27 heavy (non-hydrogen) atoms. The summed E-state index contributed by atoms with van der Waals surface area (Å²) in [6.45, 7) is 3.92. The Morgan fingerprint density at radius 3 is 2.59 bits per heavy atom. The number of fused-ring (bicyclic) bond motifs is 1. The van der Waals surface area contributed by atoms with E-state index in [0.29, 0.717) is 11.9 Å². The lowest BCUT2D eigenvalue weighted by Gasteiger charge is -2.18. The molecular weight excluding hydrogens is 347 g/mol. The summed E-state index contributed by atoms with van der Waals surface area (Å²) in [5, 5.41) is 7.73. The zero-order valence-electron chi connectivity index (χ0n) is 15.1. The van der Waals surface area contributed by atoms with Crippen molar-refractivity contribution in [3.8, 4) is 0 Å². The number of aromatic nitrogens is 2. The average Bonchev–Trinajstić information content (AvgIpc) is 2.98. The van der Waals surface area contributed by atoms with Gasteiger partial charge in [-0.1, -0.05) is 44.2 Å². The molecule has 0 bridgehead atoms. The predicted molar refractivity (Wildman–Crippen MR) is 101 cm³/mol. The second-order valence-electron chi connectivity index (χ2n) is 6.75. The van der Waals surface area contributed by atoms with Gasteiger partial charge in [-0.25, -0.2) is 4.39 Å². The number of nitrogens with one attached hydrogen (secondary N) is 1. The summed E-state index contributed by atoms with van der Waals surface area (Å²) in [7, 11) is 0. The first-order valence-electron chi connectivity index (χ1n) is 8.67. The zero-order valence-corrected chi connectivity index (χ0v) is 15.1. The number of nitrogens with two attached hydrogens (primary N) is 1. The topological polar surface area (TPSA) is 90.0 Å². The fourth-order valence-corrected chi connectivity index (χ4v) is 3.00. The van der Waals surface area contributed by atoms with E-state index in [-0.39, 0.29) is 17.4 Å². The normalized spacial score (nSPS) is 12.3. The monoisotopic (exact) mass is 368 g/mol. The van der Waals surface area contributed by atoms with Crippen molar-refractivity contribution in [3.63, 3.8) is 0 Å². The van der Waals surface area contributed by atoms with E-state index in [4.69, 9.17) is 5.73 Å². The van der Waals surface area contributed by atoms with Crippen LogP contribution in [0.4, 0.5) is 4.39 Å². The van der Waals surface area contributed by atoms with Crippen LogP contribution in [0.2, 0.25) is 0 Å². The van der Waals surface area contributed by atoms with E-state index in [0.717, 1.165) is 11.1 Å². The van der Waals surface area contributed by atoms with Gasteiger partial charge in [0.1, 0.15) is 11.9 Å². The molecule has 2 amide bonds. The van der Waals surface area contributed by atoms with Gasteiger partial charge in [0.05, 0.1) is 12.1 Å². The first kappa shape index (κ1) is 18.6. The third-order valence-corrected chi connectivity index (χ3v) is 4.35. The Kier molecular flexibility index (Phi) is 5.21. The Labute approximate surface area is 156 Å². The number of carbonyl (C=O) groups is 2. The van der Waals surface area contributed by atoms with Gasteiger partial charge in [0, 0.05) is 5.39 Å². The minimum absolute atomic E-state index is 0.146. The van der Waals surface area contributed by atoms with Crippen LogP contribution in [0.1, 0.15) is 29.9 Å². The fraction of sp³-hybridized carbons (Fsp3) is 0.250. The number of carbonyl (C=O) groups excluding carboxylic acids is 2. The molecule has 0 unspecified atom stereocenters. The molecule has 7 heteroatoms. The number of hydrogen-bond donors (Lipinski definition) is 2. The SMILES string of the molecule is CC(C)[C@H](NC(=O)c1nn(Cc2cccc(F)c2)c2ccccc12)C(N)=O. The standard InChI is InChI=1S/C20H21FN4O2/c1-12(2)17(19(22)26)23-20(27)18-15-8-3-4-9-16(15)25(24-18)11-13-6-5-7-14(21)10-13/h3-10,12,17H,11H2,1-2H3,(H2,22,26)(H,23,27)/t17-/m0/s1. The molecule has 3 aromatic rings. The molecule has 0 aliphatic rings. The number of hydrogen-bond acceptors (Lipinski definition) is 3. The lowest BCUT2D eigenvalue weighted by molar-refractivity contribution is -0.120. The molecule has 140 valence electrons. The van der Waals surface area contributed by atoms with E-state index in [1.54, 1.807) is 42.8 Å². The maximum absolute atomic E-state index is 13.5. The molecule has 1 aromatic heterocycles. The summed E-state index contributed by atoms with van der Waals surface area (Å²) < 4.78 is 15.1. The molecule has 1 heterocycles. The van der Waals surface area contributed by atoms with Crippen LogP contribution in [0, 0.1) is 11.7 Å². The summed E-state index contributed by atoms with van der Waals surface area (Å²) in [6, 6.07) is 12.7. The van der Waals surface area contributed by atoms with Crippen molar-refractivity contribution in [1.82, 2.24) is 15.1 Å². The summed E-state index contributed by atoms with van der Waals surface area (Å²) in [5.41, 5.74) is 7.06. The number of amides is 2. The number of rotatable bonds is 6. The molecule has 0 aliphatic heterocycles. The molecule has 0 aliphatic carbocycles. The van der Waals surface area contributed by atoms with Crippen LogP contribution < -0.4 is 11.1 Å². The average molecular weight is 368 g/mol. The smallest absolute Gasteiger partial charge is 0.273 e. The molecule has 1 atom stereocenters. The van der Waals surface area contributed by atoms with Gasteiger partial charge in [0.15, 0.2) is 5.69 Å². The summed E-state index contributed by atoms with van der Waals surface area (Å²) in [6.07, 6.45) is 0. The van der Waals surface area contributed by atoms with E-state index in [9.17, 15) is 14.0 Å². The molecule has 0 radical (unpaired) electrons. The quantitative estimate of drug-likeness (QED) is 0.700. The minimum atomic E-state index is -0.787. The Hall–Kier alpha value is -3.22. The Morgan fingerprint density at radius 1 is 1.19 bits per heavy atom. The molecule has 0 spiro atoms. The minimum Gasteiger partial charge on any atom is -0.368 e. The number of halogens is 1. The van der Waals surface area contributed by atoms with Crippen LogP contribution in [0.3, 0.4) is 0 Å². The maximum atomic E-state index is 13.5. The highest BCUT2D eigenvalue weighted by atomic mass is 19.1. The number of primary amides is 1. The lowest BCUT2D eigenvalue weighted by Crippen LogP contribution is -2.47. The molecular formula is C20H21FN4O2. The van der Waals surface area contributed by atoms with E-state index in [2.05, 4.69) is 10.4 Å². The van der Waals surface area contributed by atoms with Crippen LogP contribution in [0.15, 0.2) is 48.5 Å². The zero-order chi connectivity index (χ0) is 19.6. The van der Waals surface area contributed by atoms with Crippen molar-refractivity contribution < 1.29 is 14.0 Å². The molecule has 6 nitrogen and oxygen atoms in total. The van der Waals surface area contributed by atoms with E-state index in [1.165, 1.54) is 12.1 Å². The number of para-hydroxylation sites is 1. The highest BCUT2D eigenvalue weighted by molar-refractivity contribution is 6.06. The number of nitrogens with zero attached hydrogens (tertiary/aromatic N) is 2. The lowest BCUT2D eigenvalue weighted by atomic mass is 10.0. The molecule has 0 saturated carbocycles. The molecule has 2 aromatic carbocycles. The highest BCUT2D eigenvalue weighted by Crippen LogP contribution is 2.20. The Bertz CT molecular complexity index is 997. The van der Waals surface area contributed by atoms with Crippen LogP contribution in [0.25, 0.3) is 10.9 Å². The van der Waals surface area contributed by atoms with Crippen molar-refractivity contribution in [3.05, 3.63) is 65.6 Å². The van der Waals surface area contributed by atoms with Crippen molar-refractivity contribution in [2.75, 3.05) is 0 Å². The third-order valence-electron chi connectivity index (χ3n) is 4.35. The largest absolute Gasteiger partial charge is 0.368 e. The van der Waals surface area contributed by atoms with Gasteiger partial charge in [-0.05, 0) is 29.7 Å². The second kappa shape index (κ2) is 7.57. The fourth-order valence-electron chi connectivity index (χ4n) is 3.00. The van der Waals surface area contributed by atoms with Crippen molar-refractivity contribution in [2.45, 2.75) is 26.4 Å². The van der Waals surface area contributed by atoms with Gasteiger partial charge in [-0.3, -0.25) is 14.3 Å². The Balaban J connectivity index is 1.97. The second-order valence-corrected chi connectivity index (χ2v) is 6.75. The first-order valence-corrected chi connectivity index (χ1v) is 8.67. The van der Waals surface area contributed by atoms with Gasteiger partial charge in [-0.15, -0.1) is 0 Å². The van der Waals surface area contributed by atoms with E-state index < -0.39 is 17.9 Å². The molecule has 3 rings (SSSR count). The Morgan fingerprint density at radius 2 is 1.93 bits per heavy atom. The highest BCUT2D eigenvalue weighted by Gasteiger charge is 2.25. The molecule has 0 fully saturated rings.